The quantitative estimate of drug-likeness (QED) is 0.844. The van der Waals surface area contributed by atoms with Crippen LogP contribution in [0.2, 0.25) is 5.02 Å². The fraction of sp³-hybridized carbons (Fsp3) is 0.462. The Morgan fingerprint density at radius 2 is 1.95 bits per heavy atom. The Labute approximate surface area is 132 Å². The Balaban J connectivity index is 2.21. The number of hydrogen-bond donors (Lipinski definition) is 1. The maximum atomic E-state index is 13.6. The van der Waals surface area contributed by atoms with Gasteiger partial charge in [-0.05, 0) is 30.9 Å². The second-order valence-electron chi connectivity index (χ2n) is 5.06. The van der Waals surface area contributed by atoms with E-state index in [4.69, 9.17) is 22.3 Å². The maximum Gasteiger partial charge on any atom is 0.261 e. The first kappa shape index (κ1) is 16.5. The average Bonchev–Trinajstić information content (AvgIpc) is 2.91. The van der Waals surface area contributed by atoms with Gasteiger partial charge in [-0.3, -0.25) is 4.79 Å². The number of carbonyl (C=O) groups excluding carboxylic acids is 1. The van der Waals surface area contributed by atoms with Crippen LogP contribution in [0.15, 0.2) is 17.0 Å². The molecule has 8 heteroatoms. The van der Waals surface area contributed by atoms with Crippen LogP contribution in [0.1, 0.15) is 36.0 Å². The summed E-state index contributed by atoms with van der Waals surface area (Å²) in [6, 6.07) is 1.68. The standard InChI is InChI=1S/C13H14Cl2FNO3S/c14-12-10(5-9(6-11(12)16)21(15,19)20)13(18)17-7-8-3-1-2-4-8/h5-6,8H,1-4,7H2,(H,17,18). The van der Waals surface area contributed by atoms with Gasteiger partial charge in [-0.15, -0.1) is 0 Å². The lowest BCUT2D eigenvalue weighted by atomic mass is 10.1. The highest BCUT2D eigenvalue weighted by molar-refractivity contribution is 8.13. The molecule has 1 fully saturated rings. The number of carbonyl (C=O) groups is 1. The smallest absolute Gasteiger partial charge is 0.261 e. The topological polar surface area (TPSA) is 63.2 Å². The van der Waals surface area contributed by atoms with Gasteiger partial charge in [0.05, 0.1) is 15.5 Å². The Kier molecular flexibility index (Phi) is 5.11. The molecule has 0 radical (unpaired) electrons. The van der Waals surface area contributed by atoms with Crippen molar-refractivity contribution in [2.75, 3.05) is 6.54 Å². The second kappa shape index (κ2) is 6.50. The summed E-state index contributed by atoms with van der Waals surface area (Å²) >= 11 is 5.73. The number of benzene rings is 1. The zero-order chi connectivity index (χ0) is 15.6. The summed E-state index contributed by atoms with van der Waals surface area (Å²) in [5.74, 6) is -1.20. The van der Waals surface area contributed by atoms with Crippen molar-refractivity contribution in [3.05, 3.63) is 28.5 Å². The molecule has 1 N–H and O–H groups in total. The van der Waals surface area contributed by atoms with E-state index >= 15 is 0 Å². The molecule has 0 heterocycles. The summed E-state index contributed by atoms with van der Waals surface area (Å²) in [6.45, 7) is 0.467. The monoisotopic (exact) mass is 353 g/mol. The molecular formula is C13H14Cl2FNO3S. The van der Waals surface area contributed by atoms with Crippen LogP contribution < -0.4 is 5.32 Å². The summed E-state index contributed by atoms with van der Waals surface area (Å²) in [7, 11) is 1.04. The average molecular weight is 354 g/mol. The van der Waals surface area contributed by atoms with Crippen LogP contribution in [0.3, 0.4) is 0 Å². The predicted molar refractivity (Wildman–Crippen MR) is 78.7 cm³/mol. The van der Waals surface area contributed by atoms with E-state index < -0.39 is 30.7 Å². The molecule has 21 heavy (non-hydrogen) atoms. The van der Waals surface area contributed by atoms with E-state index in [2.05, 4.69) is 5.32 Å². The molecule has 4 nitrogen and oxygen atoms in total. The van der Waals surface area contributed by atoms with E-state index in [1.807, 2.05) is 0 Å². The molecule has 0 aromatic heterocycles. The zero-order valence-corrected chi connectivity index (χ0v) is 13.4. The van der Waals surface area contributed by atoms with Crippen LogP contribution in [0.5, 0.6) is 0 Å². The van der Waals surface area contributed by atoms with Gasteiger partial charge in [0.15, 0.2) is 0 Å². The normalized spacial score (nSPS) is 16.1. The fourth-order valence-corrected chi connectivity index (χ4v) is 3.38. The van der Waals surface area contributed by atoms with Crippen molar-refractivity contribution in [2.24, 2.45) is 5.92 Å². The van der Waals surface area contributed by atoms with Crippen molar-refractivity contribution in [3.8, 4) is 0 Å². The molecule has 1 aliphatic carbocycles. The number of nitrogens with one attached hydrogen (secondary N) is 1. The predicted octanol–water partition coefficient (Wildman–Crippen LogP) is 3.33. The SMILES string of the molecule is O=C(NCC1CCCC1)c1cc(S(=O)(=O)Cl)cc(F)c1Cl. The summed E-state index contributed by atoms with van der Waals surface area (Å²) in [5.41, 5.74) is -0.228. The van der Waals surface area contributed by atoms with E-state index in [9.17, 15) is 17.6 Å². The minimum atomic E-state index is -4.14. The van der Waals surface area contributed by atoms with Gasteiger partial charge in [-0.25, -0.2) is 12.8 Å². The first-order valence-corrected chi connectivity index (χ1v) is 9.19. The Hall–Kier alpha value is -0.850. The lowest BCUT2D eigenvalue weighted by molar-refractivity contribution is 0.0947. The molecule has 0 bridgehead atoms. The Morgan fingerprint density at radius 1 is 1.33 bits per heavy atom. The first-order valence-electron chi connectivity index (χ1n) is 6.51. The van der Waals surface area contributed by atoms with Crippen LogP contribution in [0.4, 0.5) is 4.39 Å². The molecule has 1 aromatic rings. The van der Waals surface area contributed by atoms with Crippen LogP contribution in [-0.4, -0.2) is 20.9 Å². The van der Waals surface area contributed by atoms with E-state index in [0.29, 0.717) is 18.5 Å². The van der Waals surface area contributed by atoms with E-state index in [0.717, 1.165) is 31.7 Å². The molecule has 1 saturated carbocycles. The number of hydrogen-bond acceptors (Lipinski definition) is 3. The number of halogens is 3. The van der Waals surface area contributed by atoms with E-state index in [-0.39, 0.29) is 5.56 Å². The molecule has 0 atom stereocenters. The van der Waals surface area contributed by atoms with Gasteiger partial charge < -0.3 is 5.32 Å². The molecule has 0 aliphatic heterocycles. The van der Waals surface area contributed by atoms with Crippen molar-refractivity contribution in [1.82, 2.24) is 5.32 Å². The molecule has 0 spiro atoms. The van der Waals surface area contributed by atoms with Gasteiger partial charge >= 0.3 is 0 Å². The zero-order valence-electron chi connectivity index (χ0n) is 11.0. The highest BCUT2D eigenvalue weighted by atomic mass is 35.7. The molecule has 0 saturated heterocycles. The van der Waals surface area contributed by atoms with Gasteiger partial charge in [-0.2, -0.15) is 0 Å². The van der Waals surface area contributed by atoms with Crippen molar-refractivity contribution >= 4 is 37.2 Å². The minimum absolute atomic E-state index is 0.228. The molecule has 1 aromatic carbocycles. The molecule has 116 valence electrons. The van der Waals surface area contributed by atoms with Gasteiger partial charge in [0, 0.05) is 17.2 Å². The summed E-state index contributed by atoms with van der Waals surface area (Å²) in [5, 5.41) is 2.25. The van der Waals surface area contributed by atoms with Crippen molar-refractivity contribution in [2.45, 2.75) is 30.6 Å². The second-order valence-corrected chi connectivity index (χ2v) is 8.01. The highest BCUT2D eigenvalue weighted by Crippen LogP contribution is 2.27. The number of amides is 1. The van der Waals surface area contributed by atoms with E-state index in [1.165, 1.54) is 0 Å². The Bertz CT molecular complexity index is 658. The van der Waals surface area contributed by atoms with Gasteiger partial charge in [0.25, 0.3) is 15.0 Å². The summed E-state index contributed by atoms with van der Waals surface area (Å²) < 4.78 is 36.2. The van der Waals surface area contributed by atoms with Crippen LogP contribution in [0, 0.1) is 11.7 Å². The molecule has 2 rings (SSSR count). The molecule has 1 aliphatic rings. The molecular weight excluding hydrogens is 340 g/mol. The van der Waals surface area contributed by atoms with Crippen molar-refractivity contribution in [1.29, 1.82) is 0 Å². The van der Waals surface area contributed by atoms with Crippen LogP contribution in [0.25, 0.3) is 0 Å². The largest absolute Gasteiger partial charge is 0.352 e. The molecule has 1 amide bonds. The van der Waals surface area contributed by atoms with Crippen LogP contribution >= 0.6 is 22.3 Å². The van der Waals surface area contributed by atoms with E-state index in [1.54, 1.807) is 0 Å². The summed E-state index contributed by atoms with van der Waals surface area (Å²) in [4.78, 5) is 11.6. The minimum Gasteiger partial charge on any atom is -0.352 e. The summed E-state index contributed by atoms with van der Waals surface area (Å²) in [6.07, 6.45) is 4.35. The van der Waals surface area contributed by atoms with Crippen molar-refractivity contribution in [3.63, 3.8) is 0 Å². The van der Waals surface area contributed by atoms with Gasteiger partial charge in [0.2, 0.25) is 0 Å². The number of rotatable bonds is 4. The third-order valence-electron chi connectivity index (χ3n) is 3.55. The van der Waals surface area contributed by atoms with Crippen molar-refractivity contribution < 1.29 is 17.6 Å². The Morgan fingerprint density at radius 3 is 2.52 bits per heavy atom. The van der Waals surface area contributed by atoms with Crippen LogP contribution in [-0.2, 0) is 9.05 Å². The third-order valence-corrected chi connectivity index (χ3v) is 5.27. The lowest BCUT2D eigenvalue weighted by Crippen LogP contribution is -2.28. The molecule has 0 unspecified atom stereocenters. The van der Waals surface area contributed by atoms with Gasteiger partial charge in [0.1, 0.15) is 5.82 Å². The lowest BCUT2D eigenvalue weighted by Gasteiger charge is -2.12. The van der Waals surface area contributed by atoms with Gasteiger partial charge in [-0.1, -0.05) is 24.4 Å². The first-order chi connectivity index (χ1) is 9.79. The third kappa shape index (κ3) is 4.08. The maximum absolute atomic E-state index is 13.6. The fourth-order valence-electron chi connectivity index (χ4n) is 2.42. The highest BCUT2D eigenvalue weighted by Gasteiger charge is 2.22.